The molecule has 25 heavy (non-hydrogen) atoms. The molecule has 0 saturated carbocycles. The van der Waals surface area contributed by atoms with Gasteiger partial charge >= 0.3 is 0 Å². The van der Waals surface area contributed by atoms with E-state index in [0.717, 1.165) is 23.0 Å². The van der Waals surface area contributed by atoms with E-state index in [1.165, 1.54) is 0 Å². The molecule has 1 aromatic carbocycles. The molecule has 0 radical (unpaired) electrons. The number of carbonyl (C=O) groups is 1. The van der Waals surface area contributed by atoms with Gasteiger partial charge in [0.05, 0.1) is 5.39 Å². The normalized spacial score (nSPS) is 10.8. The van der Waals surface area contributed by atoms with Gasteiger partial charge in [-0.15, -0.1) is 0 Å². The summed E-state index contributed by atoms with van der Waals surface area (Å²) in [7, 11) is 0. The summed E-state index contributed by atoms with van der Waals surface area (Å²) in [6, 6.07) is 11.0. The van der Waals surface area contributed by atoms with Crippen LogP contribution in [0, 0.1) is 0 Å². The van der Waals surface area contributed by atoms with Crippen LogP contribution >= 0.6 is 15.9 Å². The molecule has 2 heterocycles. The smallest absolute Gasteiger partial charge is 0.256 e. The van der Waals surface area contributed by atoms with Gasteiger partial charge in [-0.3, -0.25) is 9.59 Å². The number of hydrogen-bond acceptors (Lipinski definition) is 3. The summed E-state index contributed by atoms with van der Waals surface area (Å²) in [6.07, 6.45) is 5.06. The number of benzene rings is 1. The minimum absolute atomic E-state index is 0.122. The summed E-state index contributed by atoms with van der Waals surface area (Å²) in [5.74, 6) is -0.354. The van der Waals surface area contributed by atoms with E-state index in [1.807, 2.05) is 31.2 Å². The summed E-state index contributed by atoms with van der Waals surface area (Å²) in [5.41, 5.74) is 1.16. The van der Waals surface area contributed by atoms with Crippen molar-refractivity contribution in [2.75, 3.05) is 6.54 Å². The lowest BCUT2D eigenvalue weighted by molar-refractivity contribution is 0.0951. The average molecular weight is 400 g/mol. The van der Waals surface area contributed by atoms with E-state index in [9.17, 15) is 9.59 Å². The number of nitrogens with zero attached hydrogens (tertiary/aromatic N) is 2. The molecule has 0 aliphatic heterocycles. The highest BCUT2D eigenvalue weighted by Crippen LogP contribution is 2.19. The Hall–Kier alpha value is -2.47. The van der Waals surface area contributed by atoms with E-state index < -0.39 is 0 Å². The summed E-state index contributed by atoms with van der Waals surface area (Å²) < 4.78 is 2.68. The number of hydrogen-bond donors (Lipinski definition) is 1. The molecule has 128 valence electrons. The number of nitrogens with one attached hydrogen (secondary N) is 1. The Bertz CT molecular complexity index is 982. The second-order valence-corrected chi connectivity index (χ2v) is 6.62. The average Bonchev–Trinajstić information content (AvgIpc) is 2.62. The van der Waals surface area contributed by atoms with Gasteiger partial charge in [-0.05, 0) is 36.8 Å². The van der Waals surface area contributed by atoms with Gasteiger partial charge in [0.2, 0.25) is 5.43 Å². The maximum absolute atomic E-state index is 12.7. The number of carbonyl (C=O) groups excluding carboxylic acids is 1. The lowest BCUT2D eigenvalue weighted by atomic mass is 10.1. The molecule has 0 aliphatic rings. The molecule has 0 saturated heterocycles. The third-order valence-corrected chi connectivity index (χ3v) is 4.40. The van der Waals surface area contributed by atoms with Crippen LogP contribution in [-0.2, 0) is 0 Å². The van der Waals surface area contributed by atoms with Crippen molar-refractivity contribution in [3.63, 3.8) is 0 Å². The number of unbranched alkanes of at least 4 members (excludes halogenated alkanes) is 1. The van der Waals surface area contributed by atoms with E-state index in [2.05, 4.69) is 26.2 Å². The molecule has 0 aliphatic carbocycles. The van der Waals surface area contributed by atoms with Gasteiger partial charge in [-0.25, -0.2) is 4.98 Å². The SMILES string of the molecule is CCCCNC(=O)c1cn(-c2cccc(Br)c2)c2ncccc2c1=O. The molecule has 6 heteroatoms. The fraction of sp³-hybridized carbons (Fsp3) is 0.211. The van der Waals surface area contributed by atoms with Crippen LogP contribution in [0.3, 0.4) is 0 Å². The Morgan fingerprint density at radius 3 is 2.88 bits per heavy atom. The summed E-state index contributed by atoms with van der Waals surface area (Å²) >= 11 is 3.45. The number of amides is 1. The van der Waals surface area contributed by atoms with Crippen molar-refractivity contribution in [3.8, 4) is 5.69 Å². The highest BCUT2D eigenvalue weighted by molar-refractivity contribution is 9.10. The van der Waals surface area contributed by atoms with Gasteiger partial charge in [0.25, 0.3) is 5.91 Å². The first kappa shape index (κ1) is 17.4. The van der Waals surface area contributed by atoms with Gasteiger partial charge in [-0.2, -0.15) is 0 Å². The number of halogens is 1. The first-order valence-corrected chi connectivity index (χ1v) is 8.95. The van der Waals surface area contributed by atoms with Crippen LogP contribution in [-0.4, -0.2) is 22.0 Å². The molecular weight excluding hydrogens is 382 g/mol. The molecule has 5 nitrogen and oxygen atoms in total. The van der Waals surface area contributed by atoms with Crippen molar-refractivity contribution < 1.29 is 4.79 Å². The van der Waals surface area contributed by atoms with E-state index in [4.69, 9.17) is 0 Å². The molecule has 0 atom stereocenters. The molecule has 0 unspecified atom stereocenters. The predicted molar refractivity (Wildman–Crippen MR) is 102 cm³/mol. The maximum atomic E-state index is 12.7. The fourth-order valence-corrected chi connectivity index (χ4v) is 3.01. The number of aromatic nitrogens is 2. The first-order valence-electron chi connectivity index (χ1n) is 8.16. The van der Waals surface area contributed by atoms with E-state index in [1.54, 1.807) is 29.1 Å². The summed E-state index contributed by atoms with van der Waals surface area (Å²) in [5, 5.41) is 3.24. The van der Waals surface area contributed by atoms with Gasteiger partial charge < -0.3 is 9.88 Å². The van der Waals surface area contributed by atoms with E-state index >= 15 is 0 Å². The molecule has 3 rings (SSSR count). The van der Waals surface area contributed by atoms with Crippen LogP contribution in [0.25, 0.3) is 16.7 Å². The molecule has 1 amide bonds. The lowest BCUT2D eigenvalue weighted by Crippen LogP contribution is -2.30. The van der Waals surface area contributed by atoms with E-state index in [0.29, 0.717) is 17.6 Å². The van der Waals surface area contributed by atoms with Crippen molar-refractivity contribution >= 4 is 32.9 Å². The zero-order valence-electron chi connectivity index (χ0n) is 13.8. The van der Waals surface area contributed by atoms with Crippen molar-refractivity contribution in [2.45, 2.75) is 19.8 Å². The minimum atomic E-state index is -0.354. The van der Waals surface area contributed by atoms with Crippen LogP contribution in [0.15, 0.2) is 58.1 Å². The van der Waals surface area contributed by atoms with Crippen molar-refractivity contribution in [1.29, 1.82) is 0 Å². The zero-order valence-corrected chi connectivity index (χ0v) is 15.4. The standard InChI is InChI=1S/C19H18BrN3O2/c1-2-3-9-22-19(25)16-12-23(14-7-4-6-13(20)11-14)18-15(17(16)24)8-5-10-21-18/h4-8,10-12H,2-3,9H2,1H3,(H,22,25). The fourth-order valence-electron chi connectivity index (χ4n) is 2.62. The van der Waals surface area contributed by atoms with E-state index in [-0.39, 0.29) is 16.9 Å². The Labute approximate surface area is 153 Å². The predicted octanol–water partition coefficient (Wildman–Crippen LogP) is 3.68. The maximum Gasteiger partial charge on any atom is 0.256 e. The third kappa shape index (κ3) is 3.64. The summed E-state index contributed by atoms with van der Waals surface area (Å²) in [6.45, 7) is 2.60. The third-order valence-electron chi connectivity index (χ3n) is 3.91. The quantitative estimate of drug-likeness (QED) is 0.665. The minimum Gasteiger partial charge on any atom is -0.352 e. The Morgan fingerprint density at radius 1 is 1.28 bits per heavy atom. The largest absolute Gasteiger partial charge is 0.352 e. The molecule has 1 N–H and O–H groups in total. The topological polar surface area (TPSA) is 64.0 Å². The van der Waals surface area contributed by atoms with Crippen molar-refractivity contribution in [3.05, 3.63) is 69.1 Å². The van der Waals surface area contributed by atoms with Crippen molar-refractivity contribution in [2.24, 2.45) is 0 Å². The highest BCUT2D eigenvalue weighted by atomic mass is 79.9. The van der Waals surface area contributed by atoms with Crippen LogP contribution < -0.4 is 10.7 Å². The highest BCUT2D eigenvalue weighted by Gasteiger charge is 2.16. The van der Waals surface area contributed by atoms with Crippen LogP contribution in [0.1, 0.15) is 30.1 Å². The number of pyridine rings is 2. The Balaban J connectivity index is 2.18. The Kier molecular flexibility index (Phi) is 5.28. The lowest BCUT2D eigenvalue weighted by Gasteiger charge is -2.13. The number of fused-ring (bicyclic) bond motifs is 1. The van der Waals surface area contributed by atoms with Gasteiger partial charge in [0.1, 0.15) is 11.2 Å². The van der Waals surface area contributed by atoms with Gasteiger partial charge in [0, 0.05) is 29.1 Å². The molecule has 0 bridgehead atoms. The molecular formula is C19H18BrN3O2. The molecule has 2 aromatic heterocycles. The van der Waals surface area contributed by atoms with Gasteiger partial charge in [0.15, 0.2) is 0 Å². The van der Waals surface area contributed by atoms with Crippen LogP contribution in [0.4, 0.5) is 0 Å². The van der Waals surface area contributed by atoms with Crippen molar-refractivity contribution in [1.82, 2.24) is 14.9 Å². The summed E-state index contributed by atoms with van der Waals surface area (Å²) in [4.78, 5) is 29.5. The Morgan fingerprint density at radius 2 is 2.12 bits per heavy atom. The molecule has 0 spiro atoms. The second-order valence-electron chi connectivity index (χ2n) is 5.71. The number of rotatable bonds is 5. The second kappa shape index (κ2) is 7.61. The molecule has 0 fully saturated rings. The zero-order chi connectivity index (χ0) is 17.8. The monoisotopic (exact) mass is 399 g/mol. The van der Waals surface area contributed by atoms with Crippen LogP contribution in [0.2, 0.25) is 0 Å². The molecule has 3 aromatic rings. The van der Waals surface area contributed by atoms with Crippen LogP contribution in [0.5, 0.6) is 0 Å². The first-order chi connectivity index (χ1) is 12.1. The van der Waals surface area contributed by atoms with Gasteiger partial charge in [-0.1, -0.05) is 35.3 Å².